The first-order chi connectivity index (χ1) is 7.62. The van der Waals surface area contributed by atoms with E-state index < -0.39 is 24.5 Å². The number of esters is 2. The number of hydrogen-bond acceptors (Lipinski definition) is 6. The van der Waals surface area contributed by atoms with Crippen LogP contribution in [0.5, 0.6) is 0 Å². The average molecular weight is 228 g/mol. The van der Waals surface area contributed by atoms with Gasteiger partial charge in [-0.1, -0.05) is 12.2 Å². The van der Waals surface area contributed by atoms with E-state index in [-0.39, 0.29) is 13.2 Å². The fraction of sp³-hybridized carbons (Fsp3) is 0.400. The summed E-state index contributed by atoms with van der Waals surface area (Å²) in [7, 11) is 0. The van der Waals surface area contributed by atoms with Gasteiger partial charge in [0.2, 0.25) is 0 Å². The first-order valence-electron chi connectivity index (χ1n) is 4.55. The minimum Gasteiger partial charge on any atom is -0.373 e. The van der Waals surface area contributed by atoms with Crippen LogP contribution in [0.2, 0.25) is 0 Å². The number of hydrogen-bond donors (Lipinski definition) is 0. The molecule has 0 aromatic carbocycles. The van der Waals surface area contributed by atoms with Gasteiger partial charge in [0.1, 0.15) is 6.42 Å². The molecule has 0 spiro atoms. The van der Waals surface area contributed by atoms with Crippen LogP contribution in [-0.4, -0.2) is 31.3 Å². The Morgan fingerprint density at radius 1 is 1.12 bits per heavy atom. The number of carbonyl (C=O) groups excluding carboxylic acids is 2. The molecular weight excluding hydrogens is 216 g/mol. The highest BCUT2D eigenvalue weighted by atomic mass is 17.0. The van der Waals surface area contributed by atoms with Gasteiger partial charge in [0.25, 0.3) is 0 Å². The molecule has 0 bridgehead atoms. The van der Waals surface area contributed by atoms with E-state index in [9.17, 15) is 9.59 Å². The minimum atomic E-state index is -2.12. The SMILES string of the molecule is C=CCOC1(OCC=C)OC(=O)CC(=O)O1. The molecule has 1 fully saturated rings. The first-order valence-corrected chi connectivity index (χ1v) is 4.55. The normalized spacial score (nSPS) is 18.5. The third kappa shape index (κ3) is 3.18. The second kappa shape index (κ2) is 5.43. The van der Waals surface area contributed by atoms with Gasteiger partial charge >= 0.3 is 18.1 Å². The van der Waals surface area contributed by atoms with E-state index in [0.717, 1.165) is 0 Å². The van der Waals surface area contributed by atoms with E-state index in [1.165, 1.54) is 12.2 Å². The Kier molecular flexibility index (Phi) is 4.21. The third-order valence-corrected chi connectivity index (χ3v) is 1.52. The van der Waals surface area contributed by atoms with Crippen LogP contribution in [0, 0.1) is 0 Å². The van der Waals surface area contributed by atoms with Gasteiger partial charge in [-0.25, -0.2) is 0 Å². The van der Waals surface area contributed by atoms with Gasteiger partial charge in [-0.2, -0.15) is 0 Å². The molecule has 1 aliphatic heterocycles. The van der Waals surface area contributed by atoms with Crippen molar-refractivity contribution in [3.63, 3.8) is 0 Å². The number of ether oxygens (including phenoxy) is 4. The molecule has 0 amide bonds. The quantitative estimate of drug-likeness (QED) is 0.285. The van der Waals surface area contributed by atoms with Gasteiger partial charge in [-0.3, -0.25) is 19.1 Å². The van der Waals surface area contributed by atoms with Crippen molar-refractivity contribution in [2.75, 3.05) is 13.2 Å². The lowest BCUT2D eigenvalue weighted by atomic mass is 10.4. The van der Waals surface area contributed by atoms with E-state index in [1.54, 1.807) is 0 Å². The lowest BCUT2D eigenvalue weighted by Crippen LogP contribution is -2.49. The van der Waals surface area contributed by atoms with Crippen LogP contribution in [0.15, 0.2) is 25.3 Å². The molecule has 6 nitrogen and oxygen atoms in total. The third-order valence-electron chi connectivity index (χ3n) is 1.52. The number of carbonyl (C=O) groups is 2. The Morgan fingerprint density at radius 3 is 1.94 bits per heavy atom. The van der Waals surface area contributed by atoms with Gasteiger partial charge < -0.3 is 9.47 Å². The fourth-order valence-corrected chi connectivity index (χ4v) is 0.971. The van der Waals surface area contributed by atoms with Crippen molar-refractivity contribution < 1.29 is 28.5 Å². The van der Waals surface area contributed by atoms with E-state index >= 15 is 0 Å². The molecule has 0 saturated carbocycles. The molecule has 6 heteroatoms. The summed E-state index contributed by atoms with van der Waals surface area (Å²) in [5, 5.41) is 0. The predicted octanol–water partition coefficient (Wildman–Crippen LogP) is 0.493. The molecule has 1 rings (SSSR count). The van der Waals surface area contributed by atoms with E-state index in [2.05, 4.69) is 13.2 Å². The zero-order chi connectivity index (χ0) is 12.0. The van der Waals surface area contributed by atoms with Crippen LogP contribution >= 0.6 is 0 Å². The molecule has 88 valence electrons. The summed E-state index contributed by atoms with van der Waals surface area (Å²) in [5.41, 5.74) is 0. The molecule has 16 heavy (non-hydrogen) atoms. The largest absolute Gasteiger partial charge is 0.514 e. The van der Waals surface area contributed by atoms with Crippen LogP contribution in [0.25, 0.3) is 0 Å². The zero-order valence-corrected chi connectivity index (χ0v) is 8.64. The smallest absolute Gasteiger partial charge is 0.373 e. The molecular formula is C10H12O6. The molecule has 0 N–H and O–H groups in total. The molecule has 1 saturated heterocycles. The van der Waals surface area contributed by atoms with Crippen LogP contribution < -0.4 is 0 Å². The van der Waals surface area contributed by atoms with Crippen molar-refractivity contribution in [1.82, 2.24) is 0 Å². The molecule has 0 atom stereocenters. The van der Waals surface area contributed by atoms with Crippen molar-refractivity contribution in [2.24, 2.45) is 0 Å². The van der Waals surface area contributed by atoms with Crippen LogP contribution in [0.1, 0.15) is 6.42 Å². The Morgan fingerprint density at radius 2 is 1.56 bits per heavy atom. The summed E-state index contributed by atoms with van der Waals surface area (Å²) < 4.78 is 19.4. The molecule has 0 aromatic rings. The van der Waals surface area contributed by atoms with Gasteiger partial charge in [0, 0.05) is 0 Å². The fourth-order valence-electron chi connectivity index (χ4n) is 0.971. The average Bonchev–Trinajstić information content (AvgIpc) is 2.22. The summed E-state index contributed by atoms with van der Waals surface area (Å²) in [5.74, 6) is -1.55. The van der Waals surface area contributed by atoms with Crippen LogP contribution in [0.3, 0.4) is 0 Å². The monoisotopic (exact) mass is 228 g/mol. The van der Waals surface area contributed by atoms with Crippen molar-refractivity contribution >= 4 is 11.9 Å². The Balaban J connectivity index is 2.74. The molecule has 1 aliphatic rings. The van der Waals surface area contributed by atoms with Gasteiger partial charge in [-0.15, -0.1) is 13.2 Å². The Hall–Kier alpha value is -1.66. The topological polar surface area (TPSA) is 71.1 Å². The van der Waals surface area contributed by atoms with Gasteiger partial charge in [0.05, 0.1) is 13.2 Å². The molecule has 1 heterocycles. The lowest BCUT2D eigenvalue weighted by molar-refractivity contribution is -0.467. The second-order valence-corrected chi connectivity index (χ2v) is 2.82. The minimum absolute atomic E-state index is 0.00228. The summed E-state index contributed by atoms with van der Waals surface area (Å²) in [6.07, 6.45) is 0.218. The standard InChI is InChI=1S/C10H12O6/c1-3-5-13-10(14-6-4-2)15-8(11)7-9(12)16-10/h3-4H,1-2,5-7H2. The van der Waals surface area contributed by atoms with Crippen molar-refractivity contribution in [3.8, 4) is 0 Å². The highest BCUT2D eigenvalue weighted by Gasteiger charge is 2.47. The summed E-state index contributed by atoms with van der Waals surface area (Å²) >= 11 is 0. The van der Waals surface area contributed by atoms with Gasteiger partial charge in [-0.05, 0) is 0 Å². The second-order valence-electron chi connectivity index (χ2n) is 2.82. The van der Waals surface area contributed by atoms with E-state index in [4.69, 9.17) is 18.9 Å². The van der Waals surface area contributed by atoms with E-state index in [0.29, 0.717) is 0 Å². The van der Waals surface area contributed by atoms with Crippen molar-refractivity contribution in [1.29, 1.82) is 0 Å². The van der Waals surface area contributed by atoms with Crippen LogP contribution in [0.4, 0.5) is 0 Å². The first kappa shape index (κ1) is 12.4. The summed E-state index contributed by atoms with van der Waals surface area (Å²) in [6.45, 7) is 6.82. The molecule has 0 unspecified atom stereocenters. The highest BCUT2D eigenvalue weighted by molar-refractivity contribution is 5.92. The zero-order valence-electron chi connectivity index (χ0n) is 8.64. The van der Waals surface area contributed by atoms with E-state index in [1.807, 2.05) is 0 Å². The maximum atomic E-state index is 11.1. The van der Waals surface area contributed by atoms with Crippen molar-refractivity contribution in [3.05, 3.63) is 25.3 Å². The Bertz CT molecular complexity index is 278. The maximum Gasteiger partial charge on any atom is 0.514 e. The predicted molar refractivity (Wildman–Crippen MR) is 51.8 cm³/mol. The number of rotatable bonds is 6. The van der Waals surface area contributed by atoms with Crippen molar-refractivity contribution in [2.45, 2.75) is 12.6 Å². The van der Waals surface area contributed by atoms with Crippen LogP contribution in [-0.2, 0) is 28.5 Å². The Labute approximate surface area is 92.4 Å². The summed E-state index contributed by atoms with van der Waals surface area (Å²) in [6, 6.07) is 0. The molecule has 0 aliphatic carbocycles. The highest BCUT2D eigenvalue weighted by Crippen LogP contribution is 2.23. The number of cyclic esters (lactones) is 2. The molecule has 0 radical (unpaired) electrons. The molecule has 0 aromatic heterocycles. The van der Waals surface area contributed by atoms with Gasteiger partial charge in [0.15, 0.2) is 0 Å². The maximum absolute atomic E-state index is 11.1. The summed E-state index contributed by atoms with van der Waals surface area (Å²) in [4.78, 5) is 22.2. The lowest BCUT2D eigenvalue weighted by Gasteiger charge is -2.32.